The fraction of sp³-hybridized carbons (Fsp3) is 0.480. The van der Waals surface area contributed by atoms with Gasteiger partial charge < -0.3 is 19.6 Å². The second-order valence-corrected chi connectivity index (χ2v) is 9.56. The van der Waals surface area contributed by atoms with Gasteiger partial charge in [0.1, 0.15) is 11.2 Å². The molecule has 2 aromatic heterocycles. The lowest BCUT2D eigenvalue weighted by Gasteiger charge is -2.55. The van der Waals surface area contributed by atoms with Crippen molar-refractivity contribution >= 4 is 0 Å². The molecule has 170 valence electrons. The molecule has 1 saturated heterocycles. The van der Waals surface area contributed by atoms with Crippen molar-refractivity contribution < 1.29 is 20.2 Å². The molecule has 32 heavy (non-hydrogen) atoms. The maximum absolute atomic E-state index is 12.4. The summed E-state index contributed by atoms with van der Waals surface area (Å²) in [5.74, 6) is -0.594. The minimum atomic E-state index is -2.28. The zero-order chi connectivity index (χ0) is 26.5. The van der Waals surface area contributed by atoms with Crippen LogP contribution in [0.4, 0.5) is 0 Å². The predicted molar refractivity (Wildman–Crippen MR) is 122 cm³/mol. The third-order valence-corrected chi connectivity index (χ3v) is 6.21. The first-order chi connectivity index (χ1) is 16.7. The molecule has 7 heteroatoms. The van der Waals surface area contributed by atoms with E-state index in [1.807, 2.05) is 14.0 Å². The normalized spacial score (nSPS) is 21.4. The van der Waals surface area contributed by atoms with Gasteiger partial charge in [0.15, 0.2) is 0 Å². The summed E-state index contributed by atoms with van der Waals surface area (Å²) in [5, 5.41) is 26.5. The molecule has 0 saturated carbocycles. The summed E-state index contributed by atoms with van der Waals surface area (Å²) in [6.07, 6.45) is 3.17. The van der Waals surface area contributed by atoms with Crippen LogP contribution < -0.4 is 0 Å². The lowest BCUT2D eigenvalue weighted by atomic mass is 9.62. The SMILES string of the molecule is [2H]CC(c1ccc([C@](O)(c2cncc(-c3noc(C(C)(C)O)n3)c2)C2(C)CN(C)C2)cc1)C([2H])([2H])[2H]. The third-order valence-electron chi connectivity index (χ3n) is 6.21. The van der Waals surface area contributed by atoms with Gasteiger partial charge >= 0.3 is 0 Å². The van der Waals surface area contributed by atoms with E-state index in [1.165, 1.54) is 0 Å². The topological polar surface area (TPSA) is 95.5 Å². The van der Waals surface area contributed by atoms with Gasteiger partial charge in [-0.3, -0.25) is 4.98 Å². The Morgan fingerprint density at radius 3 is 2.44 bits per heavy atom. The molecular formula is C25H32N4O3. The van der Waals surface area contributed by atoms with Gasteiger partial charge in [0.2, 0.25) is 5.82 Å². The molecular weight excluding hydrogens is 404 g/mol. The Labute approximate surface area is 194 Å². The first-order valence-electron chi connectivity index (χ1n) is 12.7. The molecule has 2 N–H and O–H groups in total. The quantitative estimate of drug-likeness (QED) is 0.604. The van der Waals surface area contributed by atoms with Gasteiger partial charge in [0.05, 0.1) is 0 Å². The van der Waals surface area contributed by atoms with E-state index in [9.17, 15) is 10.2 Å². The molecule has 0 spiro atoms. The highest BCUT2D eigenvalue weighted by molar-refractivity contribution is 5.56. The van der Waals surface area contributed by atoms with Crippen LogP contribution in [0.2, 0.25) is 0 Å². The highest BCUT2D eigenvalue weighted by Gasteiger charge is 2.55. The lowest BCUT2D eigenvalue weighted by Crippen LogP contribution is -2.63. The van der Waals surface area contributed by atoms with Crippen molar-refractivity contribution in [3.05, 3.63) is 65.3 Å². The second kappa shape index (κ2) is 7.76. The van der Waals surface area contributed by atoms with Crippen molar-refractivity contribution in [3.8, 4) is 11.4 Å². The Balaban J connectivity index is 1.79. The van der Waals surface area contributed by atoms with E-state index in [0.717, 1.165) is 0 Å². The molecule has 0 bridgehead atoms. The summed E-state index contributed by atoms with van der Waals surface area (Å²) < 4.78 is 36.2. The van der Waals surface area contributed by atoms with Crippen LogP contribution in [0.25, 0.3) is 11.4 Å². The number of rotatable bonds is 6. The fourth-order valence-electron chi connectivity index (χ4n) is 4.54. The Kier molecular flexibility index (Phi) is 4.34. The number of nitrogens with zero attached hydrogens (tertiary/aromatic N) is 4. The largest absolute Gasteiger partial charge is 0.381 e. The van der Waals surface area contributed by atoms with E-state index in [2.05, 4.69) is 20.0 Å². The van der Waals surface area contributed by atoms with E-state index >= 15 is 0 Å². The van der Waals surface area contributed by atoms with Crippen LogP contribution >= 0.6 is 0 Å². The van der Waals surface area contributed by atoms with Crippen molar-refractivity contribution in [2.75, 3.05) is 20.1 Å². The van der Waals surface area contributed by atoms with Crippen LogP contribution in [-0.2, 0) is 11.2 Å². The van der Waals surface area contributed by atoms with Crippen LogP contribution in [0.3, 0.4) is 0 Å². The summed E-state index contributed by atoms with van der Waals surface area (Å²) in [6.45, 7) is 3.82. The number of hydrogen-bond acceptors (Lipinski definition) is 7. The summed E-state index contributed by atoms with van der Waals surface area (Å²) in [7, 11) is 1.98. The number of aliphatic hydroxyl groups is 2. The molecule has 0 radical (unpaired) electrons. The Morgan fingerprint density at radius 2 is 1.88 bits per heavy atom. The van der Waals surface area contributed by atoms with Gasteiger partial charge in [-0.05, 0) is 44.0 Å². The minimum Gasteiger partial charge on any atom is -0.381 e. The van der Waals surface area contributed by atoms with E-state index in [1.54, 1.807) is 56.6 Å². The van der Waals surface area contributed by atoms with Crippen LogP contribution in [0.1, 0.15) is 68.5 Å². The molecule has 1 unspecified atom stereocenters. The standard InChI is InChI=1S/C25H32N4O3/c1-16(2)17-7-9-19(10-8-17)25(31,24(5)14-29(6)15-24)20-11-18(12-26-13-20)21-27-22(32-28-21)23(3,4)30/h7-13,16,30-31H,14-15H2,1-6H3/t25-/m0/s1/i1D,2D3/t16?,25-. The lowest BCUT2D eigenvalue weighted by molar-refractivity contribution is -0.127. The number of pyridine rings is 1. The first-order valence-corrected chi connectivity index (χ1v) is 10.5. The minimum absolute atomic E-state index is 0.0690. The Hall–Kier alpha value is -2.61. The molecule has 1 aliphatic rings. The maximum Gasteiger partial charge on any atom is 0.258 e. The first kappa shape index (κ1) is 17.9. The van der Waals surface area contributed by atoms with Gasteiger partial charge in [-0.25, -0.2) is 0 Å². The molecule has 3 aromatic rings. The molecule has 2 atom stereocenters. The van der Waals surface area contributed by atoms with Crippen LogP contribution in [0.15, 0.2) is 47.2 Å². The van der Waals surface area contributed by atoms with Crippen molar-refractivity contribution in [1.82, 2.24) is 20.0 Å². The van der Waals surface area contributed by atoms with Gasteiger partial charge in [-0.2, -0.15) is 4.98 Å². The second-order valence-electron chi connectivity index (χ2n) is 9.56. The van der Waals surface area contributed by atoms with Gasteiger partial charge in [-0.1, -0.05) is 50.1 Å². The average molecular weight is 441 g/mol. The van der Waals surface area contributed by atoms with E-state index in [-0.39, 0.29) is 18.6 Å². The third kappa shape index (κ3) is 3.74. The number of aromatic nitrogens is 3. The summed E-state index contributed by atoms with van der Waals surface area (Å²) in [6, 6.07) is 8.60. The number of likely N-dealkylation sites (tertiary alicyclic amines) is 1. The fourth-order valence-corrected chi connectivity index (χ4v) is 4.54. The number of hydrogen-bond donors (Lipinski definition) is 2. The molecule has 4 rings (SSSR count). The molecule has 0 aliphatic carbocycles. The summed E-state index contributed by atoms with van der Waals surface area (Å²) in [5.41, 5.74) is -1.13. The predicted octanol–water partition coefficient (Wildman–Crippen LogP) is 3.67. The van der Waals surface area contributed by atoms with E-state index in [4.69, 9.17) is 10.0 Å². The molecule has 7 nitrogen and oxygen atoms in total. The maximum atomic E-state index is 12.4. The molecule has 1 aliphatic heterocycles. The highest BCUT2D eigenvalue weighted by Crippen LogP contribution is 2.50. The smallest absolute Gasteiger partial charge is 0.258 e. The average Bonchev–Trinajstić information content (AvgIpc) is 3.29. The molecule has 3 heterocycles. The van der Waals surface area contributed by atoms with Crippen LogP contribution in [-0.4, -0.2) is 50.4 Å². The summed E-state index contributed by atoms with van der Waals surface area (Å²) >= 11 is 0. The zero-order valence-electron chi connectivity index (χ0n) is 22.8. The number of benzene rings is 1. The van der Waals surface area contributed by atoms with E-state index < -0.39 is 29.4 Å². The van der Waals surface area contributed by atoms with Crippen LogP contribution in [0.5, 0.6) is 0 Å². The van der Waals surface area contributed by atoms with E-state index in [0.29, 0.717) is 35.3 Å². The Bertz CT molecular complexity index is 1220. The molecule has 1 aromatic carbocycles. The molecule has 0 amide bonds. The van der Waals surface area contributed by atoms with Crippen molar-refractivity contribution in [3.63, 3.8) is 0 Å². The van der Waals surface area contributed by atoms with Crippen LogP contribution in [0, 0.1) is 5.41 Å². The zero-order valence-corrected chi connectivity index (χ0v) is 18.8. The van der Waals surface area contributed by atoms with Crippen molar-refractivity contribution in [1.29, 1.82) is 0 Å². The van der Waals surface area contributed by atoms with Crippen molar-refractivity contribution in [2.45, 2.75) is 51.6 Å². The van der Waals surface area contributed by atoms with Crippen molar-refractivity contribution in [2.24, 2.45) is 5.41 Å². The summed E-state index contributed by atoms with van der Waals surface area (Å²) in [4.78, 5) is 10.7. The Morgan fingerprint density at radius 1 is 1.16 bits per heavy atom. The monoisotopic (exact) mass is 440 g/mol. The molecule has 1 fully saturated rings. The highest BCUT2D eigenvalue weighted by atomic mass is 16.5. The van der Waals surface area contributed by atoms with Gasteiger partial charge in [0.25, 0.3) is 5.89 Å². The van der Waals surface area contributed by atoms with Gasteiger partial charge in [0, 0.05) is 47.5 Å². The van der Waals surface area contributed by atoms with Gasteiger partial charge in [-0.15, -0.1) is 0 Å².